The molecule has 4 nitrogen and oxygen atoms in total. The zero-order valence-electron chi connectivity index (χ0n) is 18.4. The van der Waals surface area contributed by atoms with Crippen LogP contribution in [-0.4, -0.2) is 55.1 Å². The molecule has 0 atom stereocenters. The first kappa shape index (κ1) is 23.0. The number of piperazine rings is 1. The maximum Gasteiger partial charge on any atom is 0.573 e. The Morgan fingerprint density at radius 2 is 1.42 bits per heavy atom. The second-order valence-electron chi connectivity index (χ2n) is 8.11. The lowest BCUT2D eigenvalue weighted by Gasteiger charge is -2.32. The van der Waals surface area contributed by atoms with Gasteiger partial charge in [0.05, 0.1) is 11.4 Å². The van der Waals surface area contributed by atoms with Crippen molar-refractivity contribution < 1.29 is 17.9 Å². The van der Waals surface area contributed by atoms with Gasteiger partial charge in [0, 0.05) is 55.5 Å². The maximum absolute atomic E-state index is 13.2. The van der Waals surface area contributed by atoms with Gasteiger partial charge in [-0.05, 0) is 13.1 Å². The molecule has 0 aliphatic carbocycles. The molecule has 1 aliphatic heterocycles. The van der Waals surface area contributed by atoms with Gasteiger partial charge in [-0.2, -0.15) is 0 Å². The molecule has 0 radical (unpaired) electrons. The van der Waals surface area contributed by atoms with Gasteiger partial charge in [-0.15, -0.1) is 13.2 Å². The molecule has 0 unspecified atom stereocenters. The molecule has 1 fully saturated rings. The Kier molecular flexibility index (Phi) is 7.11. The lowest BCUT2D eigenvalue weighted by molar-refractivity contribution is -0.275. The zero-order valence-corrected chi connectivity index (χ0v) is 18.4. The van der Waals surface area contributed by atoms with Crippen LogP contribution >= 0.6 is 0 Å². The van der Waals surface area contributed by atoms with Crippen molar-refractivity contribution >= 4 is 11.4 Å². The van der Waals surface area contributed by atoms with Crippen LogP contribution in [0.15, 0.2) is 83.9 Å². The topological polar surface area (TPSA) is 28.1 Å². The molecule has 1 aliphatic rings. The monoisotopic (exact) mass is 453 g/mol. The van der Waals surface area contributed by atoms with Crippen LogP contribution in [0.3, 0.4) is 0 Å². The van der Waals surface area contributed by atoms with Crippen molar-refractivity contribution in [2.45, 2.75) is 12.9 Å². The summed E-state index contributed by atoms with van der Waals surface area (Å²) >= 11 is 0. The van der Waals surface area contributed by atoms with Crippen molar-refractivity contribution in [3.63, 3.8) is 0 Å². The number of rotatable bonds is 6. The molecule has 3 aromatic carbocycles. The Morgan fingerprint density at radius 1 is 0.848 bits per heavy atom. The van der Waals surface area contributed by atoms with Crippen molar-refractivity contribution in [2.24, 2.45) is 4.99 Å². The molecular formula is C26H26F3N3O. The summed E-state index contributed by atoms with van der Waals surface area (Å²) in [5, 5.41) is 0. The van der Waals surface area contributed by atoms with Gasteiger partial charge < -0.3 is 9.64 Å². The average Bonchev–Trinajstić information content (AvgIpc) is 2.80. The van der Waals surface area contributed by atoms with Crippen molar-refractivity contribution in [1.29, 1.82) is 0 Å². The van der Waals surface area contributed by atoms with Crippen LogP contribution in [0, 0.1) is 0 Å². The predicted octanol–water partition coefficient (Wildman–Crippen LogP) is 5.50. The first-order chi connectivity index (χ1) is 15.9. The summed E-state index contributed by atoms with van der Waals surface area (Å²) in [6.45, 7) is 3.76. The quantitative estimate of drug-likeness (QED) is 0.461. The molecule has 0 spiro atoms. The summed E-state index contributed by atoms with van der Waals surface area (Å²) < 4.78 is 44.0. The van der Waals surface area contributed by atoms with Crippen LogP contribution in [-0.2, 0) is 6.54 Å². The number of nitrogens with zero attached hydrogens (tertiary/aromatic N) is 3. The van der Waals surface area contributed by atoms with E-state index in [9.17, 15) is 13.2 Å². The maximum atomic E-state index is 13.2. The summed E-state index contributed by atoms with van der Waals surface area (Å²) in [6.07, 6.45) is -4.78. The van der Waals surface area contributed by atoms with Gasteiger partial charge in [-0.3, -0.25) is 4.90 Å². The molecule has 1 heterocycles. The van der Waals surface area contributed by atoms with E-state index < -0.39 is 6.36 Å². The predicted molar refractivity (Wildman–Crippen MR) is 124 cm³/mol. The lowest BCUT2D eigenvalue weighted by atomic mass is 10.0. The van der Waals surface area contributed by atoms with E-state index in [-0.39, 0.29) is 5.75 Å². The second kappa shape index (κ2) is 10.2. The van der Waals surface area contributed by atoms with Gasteiger partial charge in [-0.25, -0.2) is 4.99 Å². The highest BCUT2D eigenvalue weighted by atomic mass is 19.4. The van der Waals surface area contributed by atoms with E-state index in [1.165, 1.54) is 6.07 Å². The molecule has 0 bridgehead atoms. The number of hydrogen-bond donors (Lipinski definition) is 0. The van der Waals surface area contributed by atoms with E-state index in [2.05, 4.69) is 14.5 Å². The van der Waals surface area contributed by atoms with Crippen LogP contribution in [0.5, 0.6) is 5.75 Å². The standard InChI is InChI=1S/C26H26F3N3O/c1-31-14-16-32(17-15-31)19-22-12-13-23(18-24(22)33-26(27,28)29)30-25(20-8-4-2-5-9-20)21-10-6-3-7-11-21/h2-13,18H,14-17,19H2,1H3. The van der Waals surface area contributed by atoms with Crippen molar-refractivity contribution in [1.82, 2.24) is 9.80 Å². The molecule has 33 heavy (non-hydrogen) atoms. The van der Waals surface area contributed by atoms with Crippen LogP contribution in [0.1, 0.15) is 16.7 Å². The largest absolute Gasteiger partial charge is 0.573 e. The highest BCUT2D eigenvalue weighted by Crippen LogP contribution is 2.32. The second-order valence-corrected chi connectivity index (χ2v) is 8.11. The fourth-order valence-corrected chi connectivity index (χ4v) is 3.83. The number of benzene rings is 3. The molecule has 7 heteroatoms. The third-order valence-electron chi connectivity index (χ3n) is 5.60. The Hall–Kier alpha value is -3.16. The van der Waals surface area contributed by atoms with Crippen molar-refractivity contribution in [3.05, 3.63) is 95.6 Å². The molecule has 4 rings (SSSR count). The van der Waals surface area contributed by atoms with Crippen molar-refractivity contribution in [2.75, 3.05) is 33.2 Å². The van der Waals surface area contributed by atoms with Crippen molar-refractivity contribution in [3.8, 4) is 5.75 Å². The van der Waals surface area contributed by atoms with Gasteiger partial charge in [0.2, 0.25) is 0 Å². The highest BCUT2D eigenvalue weighted by Gasteiger charge is 2.32. The van der Waals surface area contributed by atoms with Crippen LogP contribution in [0.2, 0.25) is 0 Å². The Balaban J connectivity index is 1.70. The average molecular weight is 454 g/mol. The third-order valence-corrected chi connectivity index (χ3v) is 5.60. The van der Waals surface area contributed by atoms with Crippen LogP contribution in [0.4, 0.5) is 18.9 Å². The normalized spacial score (nSPS) is 15.3. The first-order valence-corrected chi connectivity index (χ1v) is 10.9. The minimum absolute atomic E-state index is 0.205. The fourth-order valence-electron chi connectivity index (χ4n) is 3.83. The van der Waals surface area contributed by atoms with E-state index in [1.807, 2.05) is 67.7 Å². The van der Waals surface area contributed by atoms with Crippen LogP contribution in [0.25, 0.3) is 0 Å². The molecule has 172 valence electrons. The summed E-state index contributed by atoms with van der Waals surface area (Å²) in [5.41, 5.74) is 3.34. The SMILES string of the molecule is CN1CCN(Cc2ccc(N=C(c3ccccc3)c3ccccc3)cc2OC(F)(F)F)CC1. The smallest absolute Gasteiger partial charge is 0.405 e. The number of halogens is 3. The Labute approximate surface area is 191 Å². The summed E-state index contributed by atoms with van der Waals surface area (Å²) in [7, 11) is 2.04. The first-order valence-electron chi connectivity index (χ1n) is 10.9. The van der Waals surface area contributed by atoms with Gasteiger partial charge in [0.15, 0.2) is 0 Å². The number of likely N-dealkylation sites (N-methyl/N-ethyl adjacent to an activating group) is 1. The highest BCUT2D eigenvalue weighted by molar-refractivity contribution is 6.13. The Morgan fingerprint density at radius 3 is 1.97 bits per heavy atom. The molecule has 0 N–H and O–H groups in total. The van der Waals surface area contributed by atoms with Gasteiger partial charge >= 0.3 is 6.36 Å². The van der Waals surface area contributed by atoms with E-state index in [0.717, 1.165) is 37.3 Å². The number of ether oxygens (including phenoxy) is 1. The molecule has 3 aromatic rings. The van der Waals surface area contributed by atoms with E-state index in [1.54, 1.807) is 12.1 Å². The van der Waals surface area contributed by atoms with E-state index >= 15 is 0 Å². The van der Waals surface area contributed by atoms with E-state index in [4.69, 9.17) is 4.99 Å². The molecule has 0 aromatic heterocycles. The van der Waals surface area contributed by atoms with E-state index in [0.29, 0.717) is 23.5 Å². The number of alkyl halides is 3. The molecular weight excluding hydrogens is 427 g/mol. The number of aliphatic imine (C=N–C) groups is 1. The van der Waals surface area contributed by atoms with Gasteiger partial charge in [0.25, 0.3) is 0 Å². The summed E-state index contributed by atoms with van der Waals surface area (Å²) in [6, 6.07) is 24.0. The molecule has 1 saturated heterocycles. The summed E-state index contributed by atoms with van der Waals surface area (Å²) in [5.74, 6) is -0.205. The third kappa shape index (κ3) is 6.43. The minimum Gasteiger partial charge on any atom is -0.405 e. The fraction of sp³-hybridized carbons (Fsp3) is 0.269. The summed E-state index contributed by atoms with van der Waals surface area (Å²) in [4.78, 5) is 9.08. The molecule has 0 amide bonds. The molecule has 0 saturated carbocycles. The van der Waals surface area contributed by atoms with Gasteiger partial charge in [-0.1, -0.05) is 66.7 Å². The van der Waals surface area contributed by atoms with Gasteiger partial charge in [0.1, 0.15) is 5.75 Å². The Bertz CT molecular complexity index is 1040. The minimum atomic E-state index is -4.78. The van der Waals surface area contributed by atoms with Crippen LogP contribution < -0.4 is 4.74 Å². The number of hydrogen-bond acceptors (Lipinski definition) is 4. The zero-order chi connectivity index (χ0) is 23.3. The lowest BCUT2D eigenvalue weighted by Crippen LogP contribution is -2.43.